The Labute approximate surface area is 171 Å². The number of nitrogens with two attached hydrogens (primary N) is 1. The molecule has 0 bridgehead atoms. The molecule has 6 heteroatoms. The zero-order valence-corrected chi connectivity index (χ0v) is 16.7. The first-order valence-electron chi connectivity index (χ1n) is 9.99. The van der Waals surface area contributed by atoms with Crippen LogP contribution < -0.4 is 11.1 Å². The monoisotopic (exact) mass is 393 g/mol. The molecule has 0 spiro atoms. The number of hydrogen-bond donors (Lipinski definition) is 3. The lowest BCUT2D eigenvalue weighted by Gasteiger charge is -2.24. The first kappa shape index (κ1) is 20.6. The Morgan fingerprint density at radius 3 is 2.55 bits per heavy atom. The van der Waals surface area contributed by atoms with E-state index in [9.17, 15) is 9.59 Å². The maximum absolute atomic E-state index is 12.5. The minimum absolute atomic E-state index is 0.0280. The third kappa shape index (κ3) is 5.44. The molecule has 0 heterocycles. The second-order valence-corrected chi connectivity index (χ2v) is 7.46. The van der Waals surface area contributed by atoms with Gasteiger partial charge < -0.3 is 15.8 Å². The van der Waals surface area contributed by atoms with Crippen molar-refractivity contribution in [2.24, 2.45) is 11.7 Å². The van der Waals surface area contributed by atoms with Gasteiger partial charge in [0.15, 0.2) is 0 Å². The predicted molar refractivity (Wildman–Crippen MR) is 113 cm³/mol. The normalized spacial score (nSPS) is 15.3. The molecule has 2 aromatic carbocycles. The maximum Gasteiger partial charge on any atom is 0.306 e. The number of hydrogen-bond acceptors (Lipinski definition) is 4. The molecule has 0 fully saturated rings. The summed E-state index contributed by atoms with van der Waals surface area (Å²) < 4.78 is 5.21. The fraction of sp³-hybridized carbons (Fsp3) is 0.348. The van der Waals surface area contributed by atoms with E-state index in [4.69, 9.17) is 15.9 Å². The molecule has 0 radical (unpaired) electrons. The molecule has 1 unspecified atom stereocenters. The minimum Gasteiger partial charge on any atom is -0.466 e. The van der Waals surface area contributed by atoms with Crippen molar-refractivity contribution in [2.45, 2.75) is 39.0 Å². The van der Waals surface area contributed by atoms with Crippen LogP contribution in [0, 0.1) is 11.3 Å². The average Bonchev–Trinajstić information content (AvgIpc) is 2.72. The summed E-state index contributed by atoms with van der Waals surface area (Å²) in [4.78, 5) is 24.4. The number of anilines is 1. The fourth-order valence-electron chi connectivity index (χ4n) is 3.60. The molecule has 1 aliphatic rings. The van der Waals surface area contributed by atoms with Crippen LogP contribution in [0.5, 0.6) is 0 Å². The molecular weight excluding hydrogens is 366 g/mol. The van der Waals surface area contributed by atoms with Gasteiger partial charge >= 0.3 is 5.97 Å². The number of carbonyl (C=O) groups excluding carboxylic acids is 2. The van der Waals surface area contributed by atoms with Gasteiger partial charge in [0, 0.05) is 23.2 Å². The molecule has 2 aromatic rings. The van der Waals surface area contributed by atoms with Crippen molar-refractivity contribution in [3.8, 4) is 0 Å². The molecule has 6 nitrogen and oxygen atoms in total. The summed E-state index contributed by atoms with van der Waals surface area (Å²) in [6.45, 7) is 2.46. The highest BCUT2D eigenvalue weighted by molar-refractivity contribution is 6.05. The molecule has 0 saturated carbocycles. The van der Waals surface area contributed by atoms with Gasteiger partial charge in [0.1, 0.15) is 5.84 Å². The summed E-state index contributed by atoms with van der Waals surface area (Å²) in [6.07, 6.45) is 4.00. The smallest absolute Gasteiger partial charge is 0.306 e. The Bertz CT molecular complexity index is 906. The van der Waals surface area contributed by atoms with Crippen LogP contribution in [0.25, 0.3) is 0 Å². The van der Waals surface area contributed by atoms with Gasteiger partial charge in [-0.15, -0.1) is 0 Å². The van der Waals surface area contributed by atoms with Crippen molar-refractivity contribution in [2.75, 3.05) is 11.9 Å². The molecule has 29 heavy (non-hydrogen) atoms. The SMILES string of the molecule is CCCOC(=O)CC1CCc2ccc(NC(=O)c3ccc(C(=N)N)cc3)cc2C1. The van der Waals surface area contributed by atoms with E-state index in [0.29, 0.717) is 24.2 Å². The van der Waals surface area contributed by atoms with Crippen molar-refractivity contribution in [1.82, 2.24) is 0 Å². The van der Waals surface area contributed by atoms with Crippen molar-refractivity contribution >= 4 is 23.4 Å². The van der Waals surface area contributed by atoms with E-state index in [-0.39, 0.29) is 23.6 Å². The van der Waals surface area contributed by atoms with E-state index in [1.807, 2.05) is 19.1 Å². The van der Waals surface area contributed by atoms with Gasteiger partial charge in [-0.1, -0.05) is 25.1 Å². The quantitative estimate of drug-likeness (QED) is 0.379. The number of rotatable bonds is 7. The van der Waals surface area contributed by atoms with Crippen LogP contribution in [-0.2, 0) is 22.4 Å². The number of aryl methyl sites for hydroxylation is 1. The number of esters is 1. The van der Waals surface area contributed by atoms with E-state index in [2.05, 4.69) is 11.4 Å². The number of benzene rings is 2. The van der Waals surface area contributed by atoms with Gasteiger partial charge in [0.25, 0.3) is 5.91 Å². The zero-order valence-electron chi connectivity index (χ0n) is 16.7. The van der Waals surface area contributed by atoms with Gasteiger partial charge in [-0.2, -0.15) is 0 Å². The summed E-state index contributed by atoms with van der Waals surface area (Å²) in [6, 6.07) is 12.6. The molecule has 0 aliphatic heterocycles. The van der Waals surface area contributed by atoms with Gasteiger partial charge in [-0.05, 0) is 67.0 Å². The van der Waals surface area contributed by atoms with Gasteiger partial charge in [0.2, 0.25) is 0 Å². The topological polar surface area (TPSA) is 105 Å². The lowest BCUT2D eigenvalue weighted by molar-refractivity contribution is -0.144. The van der Waals surface area contributed by atoms with Crippen LogP contribution in [-0.4, -0.2) is 24.3 Å². The zero-order chi connectivity index (χ0) is 20.8. The standard InChI is InChI=1S/C23H27N3O3/c1-2-11-29-21(27)13-15-3-4-16-9-10-20(14-19(16)12-15)26-23(28)18-7-5-17(6-8-18)22(24)25/h5-10,14-15H,2-4,11-13H2,1H3,(H3,24,25)(H,26,28). The Kier molecular flexibility index (Phi) is 6.65. The Balaban J connectivity index is 1.64. The highest BCUT2D eigenvalue weighted by Crippen LogP contribution is 2.30. The number of amides is 1. The third-order valence-electron chi connectivity index (χ3n) is 5.18. The summed E-state index contributed by atoms with van der Waals surface area (Å²) in [5.41, 5.74) is 9.71. The van der Waals surface area contributed by atoms with E-state index in [1.165, 1.54) is 11.1 Å². The predicted octanol–water partition coefficient (Wildman–Crippen LogP) is 3.67. The highest BCUT2D eigenvalue weighted by Gasteiger charge is 2.22. The van der Waals surface area contributed by atoms with Crippen molar-refractivity contribution in [3.63, 3.8) is 0 Å². The number of nitrogens with one attached hydrogen (secondary N) is 2. The lowest BCUT2D eigenvalue weighted by atomic mass is 9.82. The average molecular weight is 393 g/mol. The van der Waals surface area contributed by atoms with Gasteiger partial charge in [-0.25, -0.2) is 0 Å². The third-order valence-corrected chi connectivity index (χ3v) is 5.18. The lowest BCUT2D eigenvalue weighted by Crippen LogP contribution is -2.20. The second-order valence-electron chi connectivity index (χ2n) is 7.46. The first-order chi connectivity index (χ1) is 14.0. The number of amidine groups is 1. The molecule has 3 rings (SSSR count). The Hall–Kier alpha value is -3.15. The van der Waals surface area contributed by atoms with Crippen molar-refractivity contribution < 1.29 is 14.3 Å². The molecule has 0 saturated heterocycles. The Morgan fingerprint density at radius 1 is 1.14 bits per heavy atom. The van der Waals surface area contributed by atoms with E-state index < -0.39 is 0 Å². The van der Waals surface area contributed by atoms with Crippen molar-refractivity contribution in [1.29, 1.82) is 5.41 Å². The highest BCUT2D eigenvalue weighted by atomic mass is 16.5. The van der Waals surface area contributed by atoms with E-state index in [1.54, 1.807) is 24.3 Å². The van der Waals surface area contributed by atoms with Crippen molar-refractivity contribution in [3.05, 3.63) is 64.7 Å². The Morgan fingerprint density at radius 2 is 1.86 bits per heavy atom. The van der Waals surface area contributed by atoms with E-state index in [0.717, 1.165) is 31.4 Å². The van der Waals surface area contributed by atoms with Crippen LogP contribution in [0.2, 0.25) is 0 Å². The van der Waals surface area contributed by atoms with Gasteiger partial charge in [0.05, 0.1) is 6.61 Å². The number of carbonyl (C=O) groups is 2. The molecule has 0 aromatic heterocycles. The fourth-order valence-corrected chi connectivity index (χ4v) is 3.60. The molecule has 1 aliphatic carbocycles. The number of fused-ring (bicyclic) bond motifs is 1. The largest absolute Gasteiger partial charge is 0.466 e. The maximum atomic E-state index is 12.5. The van der Waals surface area contributed by atoms with Crippen LogP contribution in [0.1, 0.15) is 53.2 Å². The molecule has 4 N–H and O–H groups in total. The molecule has 1 atom stereocenters. The number of ether oxygens (including phenoxy) is 1. The second kappa shape index (κ2) is 9.37. The van der Waals surface area contributed by atoms with Crippen LogP contribution in [0.4, 0.5) is 5.69 Å². The summed E-state index contributed by atoms with van der Waals surface area (Å²) >= 11 is 0. The molecular formula is C23H27N3O3. The summed E-state index contributed by atoms with van der Waals surface area (Å²) in [5, 5.41) is 10.3. The van der Waals surface area contributed by atoms with Crippen LogP contribution >= 0.6 is 0 Å². The minimum atomic E-state index is -0.212. The first-order valence-corrected chi connectivity index (χ1v) is 9.99. The van der Waals surface area contributed by atoms with Gasteiger partial charge in [-0.3, -0.25) is 15.0 Å². The van der Waals surface area contributed by atoms with Crippen LogP contribution in [0.15, 0.2) is 42.5 Å². The number of nitrogen functional groups attached to an aromatic ring is 1. The summed E-state index contributed by atoms with van der Waals surface area (Å²) in [7, 11) is 0. The summed E-state index contributed by atoms with van der Waals surface area (Å²) in [5.74, 6) is -0.0916. The molecule has 1 amide bonds. The van der Waals surface area contributed by atoms with Crippen LogP contribution in [0.3, 0.4) is 0 Å². The molecule has 152 valence electrons. The van der Waals surface area contributed by atoms with E-state index >= 15 is 0 Å².